The monoisotopic (exact) mass is 187 g/mol. The maximum Gasteiger partial charge on any atom is 0.0543 e. The van der Waals surface area contributed by atoms with E-state index in [1.165, 1.54) is 17.9 Å². The fraction of sp³-hybridized carbons (Fsp3) is 1.00. The van der Waals surface area contributed by atoms with Gasteiger partial charge in [0.1, 0.15) is 0 Å². The van der Waals surface area contributed by atoms with Crippen LogP contribution in [0.5, 0.6) is 0 Å². The molecular weight excluding hydrogens is 170 g/mol. The highest BCUT2D eigenvalue weighted by Gasteiger charge is 2.24. The average molecular weight is 187 g/mol. The first-order chi connectivity index (χ1) is 5.84. The molecule has 1 saturated heterocycles. The molecule has 1 heterocycles. The van der Waals surface area contributed by atoms with Crippen molar-refractivity contribution in [3.63, 3.8) is 0 Å². The van der Waals surface area contributed by atoms with Crippen molar-refractivity contribution in [2.24, 2.45) is 5.92 Å². The van der Waals surface area contributed by atoms with Gasteiger partial charge in [-0.3, -0.25) is 0 Å². The summed E-state index contributed by atoms with van der Waals surface area (Å²) >= 11 is 2.02. The second-order valence-corrected chi connectivity index (χ2v) is 5.05. The Bertz CT molecular complexity index is 149. The highest BCUT2D eigenvalue weighted by Crippen LogP contribution is 2.25. The second-order valence-electron chi connectivity index (χ2n) is 3.98. The third-order valence-electron chi connectivity index (χ3n) is 2.85. The minimum Gasteiger partial charge on any atom is -0.393 e. The molecule has 2 atom stereocenters. The van der Waals surface area contributed by atoms with E-state index in [2.05, 4.69) is 5.32 Å². The number of hydrogen-bond acceptors (Lipinski definition) is 3. The Morgan fingerprint density at radius 2 is 2.17 bits per heavy atom. The third-order valence-corrected chi connectivity index (χ3v) is 4.12. The van der Waals surface area contributed by atoms with Crippen LogP contribution in [-0.2, 0) is 0 Å². The largest absolute Gasteiger partial charge is 0.393 e. The molecule has 1 saturated carbocycles. The van der Waals surface area contributed by atoms with Gasteiger partial charge in [-0.25, -0.2) is 0 Å². The topological polar surface area (TPSA) is 32.3 Å². The van der Waals surface area contributed by atoms with Crippen molar-refractivity contribution in [1.29, 1.82) is 0 Å². The first-order valence-electron chi connectivity index (χ1n) is 4.84. The number of rotatable bonds is 3. The normalized spacial score (nSPS) is 36.8. The summed E-state index contributed by atoms with van der Waals surface area (Å²) in [5.41, 5.74) is 0. The number of nitrogens with one attached hydrogen (secondary N) is 1. The maximum absolute atomic E-state index is 9.30. The zero-order chi connectivity index (χ0) is 8.39. The van der Waals surface area contributed by atoms with E-state index in [0.29, 0.717) is 0 Å². The molecule has 2 N–H and O–H groups in total. The minimum absolute atomic E-state index is 0.00688. The lowest BCUT2D eigenvalue weighted by atomic mass is 10.1. The molecule has 0 bridgehead atoms. The van der Waals surface area contributed by atoms with Crippen LogP contribution in [0.2, 0.25) is 0 Å². The Morgan fingerprint density at radius 3 is 2.67 bits per heavy atom. The van der Waals surface area contributed by atoms with Crippen LogP contribution in [0.4, 0.5) is 0 Å². The summed E-state index contributed by atoms with van der Waals surface area (Å²) in [7, 11) is 0. The molecule has 1 aliphatic heterocycles. The van der Waals surface area contributed by atoms with Crippen LogP contribution < -0.4 is 5.32 Å². The first-order valence-corrected chi connectivity index (χ1v) is 5.99. The standard InChI is InChI=1S/C9H17NOS/c11-9-2-1-7(3-9)4-10-8-5-12-6-8/h7-11H,1-6H2. The highest BCUT2D eigenvalue weighted by atomic mass is 32.2. The summed E-state index contributed by atoms with van der Waals surface area (Å²) in [6.07, 6.45) is 3.25. The fourth-order valence-corrected chi connectivity index (χ4v) is 2.63. The molecule has 0 radical (unpaired) electrons. The zero-order valence-electron chi connectivity index (χ0n) is 7.33. The molecule has 0 aromatic carbocycles. The lowest BCUT2D eigenvalue weighted by molar-refractivity contribution is 0.177. The molecule has 2 nitrogen and oxygen atoms in total. The molecule has 0 amide bonds. The van der Waals surface area contributed by atoms with Gasteiger partial charge < -0.3 is 10.4 Å². The van der Waals surface area contributed by atoms with Gasteiger partial charge >= 0.3 is 0 Å². The van der Waals surface area contributed by atoms with Gasteiger partial charge in [-0.15, -0.1) is 0 Å². The Morgan fingerprint density at radius 1 is 1.33 bits per heavy atom. The van der Waals surface area contributed by atoms with Crippen LogP contribution in [0.1, 0.15) is 19.3 Å². The Balaban J connectivity index is 1.60. The van der Waals surface area contributed by atoms with Crippen LogP contribution >= 0.6 is 11.8 Å². The zero-order valence-corrected chi connectivity index (χ0v) is 8.15. The van der Waals surface area contributed by atoms with Gasteiger partial charge in [-0.2, -0.15) is 11.8 Å². The summed E-state index contributed by atoms with van der Waals surface area (Å²) in [6, 6.07) is 0.771. The van der Waals surface area contributed by atoms with Crippen LogP contribution in [0.15, 0.2) is 0 Å². The van der Waals surface area contributed by atoms with Gasteiger partial charge in [0.05, 0.1) is 6.10 Å². The predicted octanol–water partition coefficient (Wildman–Crippen LogP) is 0.852. The van der Waals surface area contributed by atoms with Gasteiger partial charge in [-0.05, 0) is 31.7 Å². The van der Waals surface area contributed by atoms with E-state index in [1.54, 1.807) is 0 Å². The Hall–Kier alpha value is 0.270. The molecule has 12 heavy (non-hydrogen) atoms. The van der Waals surface area contributed by atoms with Crippen molar-refractivity contribution in [2.75, 3.05) is 18.1 Å². The Labute approximate surface area is 78.1 Å². The molecular formula is C9H17NOS. The summed E-state index contributed by atoms with van der Waals surface area (Å²) in [5.74, 6) is 3.32. The molecule has 0 spiro atoms. The second kappa shape index (κ2) is 3.99. The van der Waals surface area contributed by atoms with Crippen molar-refractivity contribution in [1.82, 2.24) is 5.32 Å². The van der Waals surface area contributed by atoms with E-state index >= 15 is 0 Å². The van der Waals surface area contributed by atoms with Crippen molar-refractivity contribution < 1.29 is 5.11 Å². The van der Waals surface area contributed by atoms with Gasteiger partial charge in [0.2, 0.25) is 0 Å². The summed E-state index contributed by atoms with van der Waals surface area (Å²) in [4.78, 5) is 0. The number of thioether (sulfide) groups is 1. The molecule has 3 heteroatoms. The van der Waals surface area contributed by atoms with Crippen molar-refractivity contribution in [3.8, 4) is 0 Å². The molecule has 2 unspecified atom stereocenters. The lowest BCUT2D eigenvalue weighted by Gasteiger charge is -2.27. The summed E-state index contributed by atoms with van der Waals surface area (Å²) in [5, 5.41) is 12.9. The van der Waals surface area contributed by atoms with Crippen LogP contribution in [0, 0.1) is 5.92 Å². The van der Waals surface area contributed by atoms with Gasteiger partial charge in [0.15, 0.2) is 0 Å². The summed E-state index contributed by atoms with van der Waals surface area (Å²) < 4.78 is 0. The summed E-state index contributed by atoms with van der Waals surface area (Å²) in [6.45, 7) is 1.13. The van der Waals surface area contributed by atoms with Gasteiger partial charge in [-0.1, -0.05) is 0 Å². The van der Waals surface area contributed by atoms with Crippen LogP contribution in [-0.4, -0.2) is 35.3 Å². The number of aliphatic hydroxyl groups excluding tert-OH is 1. The first kappa shape index (κ1) is 8.85. The molecule has 70 valence electrons. The van der Waals surface area contributed by atoms with Crippen molar-refractivity contribution >= 4 is 11.8 Å². The van der Waals surface area contributed by atoms with Crippen LogP contribution in [0.3, 0.4) is 0 Å². The molecule has 2 fully saturated rings. The fourth-order valence-electron chi connectivity index (χ4n) is 1.92. The van der Waals surface area contributed by atoms with E-state index in [9.17, 15) is 5.11 Å². The third kappa shape index (κ3) is 2.15. The SMILES string of the molecule is OC1CCC(CNC2CSC2)C1. The number of aliphatic hydroxyl groups is 1. The molecule has 0 aromatic heterocycles. The van der Waals surface area contributed by atoms with Gasteiger partial charge in [0.25, 0.3) is 0 Å². The maximum atomic E-state index is 9.30. The quantitative estimate of drug-likeness (QED) is 0.687. The van der Waals surface area contributed by atoms with E-state index in [4.69, 9.17) is 0 Å². The number of hydrogen-bond donors (Lipinski definition) is 2. The van der Waals surface area contributed by atoms with E-state index in [1.807, 2.05) is 11.8 Å². The molecule has 0 aromatic rings. The Kier molecular flexibility index (Phi) is 2.94. The lowest BCUT2D eigenvalue weighted by Crippen LogP contribution is -2.42. The van der Waals surface area contributed by atoms with E-state index in [0.717, 1.165) is 31.3 Å². The predicted molar refractivity (Wildman–Crippen MR) is 52.5 cm³/mol. The minimum atomic E-state index is -0.00688. The van der Waals surface area contributed by atoms with Crippen molar-refractivity contribution in [2.45, 2.75) is 31.4 Å². The van der Waals surface area contributed by atoms with E-state index < -0.39 is 0 Å². The van der Waals surface area contributed by atoms with E-state index in [-0.39, 0.29) is 6.10 Å². The highest BCUT2D eigenvalue weighted by molar-refractivity contribution is 8.00. The average Bonchev–Trinajstić information content (AvgIpc) is 2.32. The molecule has 2 aliphatic rings. The van der Waals surface area contributed by atoms with Crippen LogP contribution in [0.25, 0.3) is 0 Å². The molecule has 2 rings (SSSR count). The van der Waals surface area contributed by atoms with Crippen molar-refractivity contribution in [3.05, 3.63) is 0 Å². The van der Waals surface area contributed by atoms with Gasteiger partial charge in [0, 0.05) is 17.5 Å². The molecule has 1 aliphatic carbocycles. The smallest absolute Gasteiger partial charge is 0.0543 e.